The smallest absolute Gasteiger partial charge is 0.0780 e. The van der Waals surface area contributed by atoms with Crippen LogP contribution in [0.4, 0.5) is 0 Å². The Bertz CT molecular complexity index is 550. The van der Waals surface area contributed by atoms with Gasteiger partial charge in [-0.05, 0) is 31.2 Å². The fraction of sp³-hybridized carbons (Fsp3) is 0.789. The van der Waals surface area contributed by atoms with Crippen LogP contribution in [0.15, 0.2) is 43.5 Å². The Balaban J connectivity index is -0.000000663. The van der Waals surface area contributed by atoms with Crippen molar-refractivity contribution in [2.75, 3.05) is 27.7 Å². The van der Waals surface area contributed by atoms with Gasteiger partial charge in [-0.3, -0.25) is 0 Å². The van der Waals surface area contributed by atoms with Crippen LogP contribution >= 0.6 is 0 Å². The summed E-state index contributed by atoms with van der Waals surface area (Å²) >= 11 is 0. The highest BCUT2D eigenvalue weighted by Gasteiger charge is 2.05. The van der Waals surface area contributed by atoms with Gasteiger partial charge in [0.05, 0.1) is 27.7 Å². The van der Waals surface area contributed by atoms with Crippen LogP contribution in [0.1, 0.15) is 167 Å². The molecule has 0 aliphatic rings. The largest absolute Gasteiger partial charge is 1.00 e. The summed E-state index contributed by atoms with van der Waals surface area (Å²) in [6, 6.07) is 10.8. The zero-order valence-electron chi connectivity index (χ0n) is 28.3. The van der Waals surface area contributed by atoms with Gasteiger partial charge in [0.15, 0.2) is 0 Å². The maximum atomic E-state index is 3.00. The number of unbranched alkanes of at least 4 members (excludes halogenated alkanes) is 21. The van der Waals surface area contributed by atoms with Crippen molar-refractivity contribution in [3.8, 4) is 0 Å². The van der Waals surface area contributed by atoms with E-state index in [1.165, 1.54) is 166 Å². The lowest BCUT2D eigenvalue weighted by atomic mass is 10.0. The quantitative estimate of drug-likeness (QED) is 0.0614. The predicted octanol–water partition coefficient (Wildman–Crippen LogP) is 9.74. The number of hydrogen-bond donors (Lipinski definition) is 0. The van der Waals surface area contributed by atoms with Gasteiger partial charge in [0, 0.05) is 0 Å². The first-order valence-electron chi connectivity index (χ1n) is 17.3. The molecule has 2 heteroatoms. The number of nitrogens with zero attached hydrogens (tertiary/aromatic N) is 1. The Morgan fingerprint density at radius 2 is 0.750 bits per heavy atom. The van der Waals surface area contributed by atoms with Crippen LogP contribution in [0.3, 0.4) is 0 Å². The number of halogens is 1. The van der Waals surface area contributed by atoms with E-state index in [4.69, 9.17) is 0 Å². The Hall–Kier alpha value is -0.790. The minimum atomic E-state index is 0. The van der Waals surface area contributed by atoms with Crippen LogP contribution in [0.25, 0.3) is 0 Å². The van der Waals surface area contributed by atoms with E-state index >= 15 is 0 Å². The van der Waals surface area contributed by atoms with Gasteiger partial charge in [0.25, 0.3) is 0 Å². The van der Waals surface area contributed by atoms with Crippen molar-refractivity contribution < 1.29 is 16.9 Å². The Morgan fingerprint density at radius 3 is 1.07 bits per heavy atom. The summed E-state index contributed by atoms with van der Waals surface area (Å²) in [5.74, 6) is 0. The van der Waals surface area contributed by atoms with E-state index in [0.29, 0.717) is 0 Å². The molecule has 0 N–H and O–H groups in total. The zero-order valence-corrected chi connectivity index (χ0v) is 29.1. The number of benzene rings is 1. The molecule has 0 amide bonds. The Morgan fingerprint density at radius 1 is 0.450 bits per heavy atom. The molecule has 0 aliphatic heterocycles. The first kappa shape index (κ1) is 43.7. The van der Waals surface area contributed by atoms with Crippen LogP contribution in [-0.4, -0.2) is 32.2 Å². The molecule has 0 unspecified atom stereocenters. The normalized spacial score (nSPS) is 10.6. The first-order valence-corrected chi connectivity index (χ1v) is 17.3. The van der Waals surface area contributed by atoms with Crippen LogP contribution in [0.2, 0.25) is 0 Å². The molecule has 1 aromatic carbocycles. The van der Waals surface area contributed by atoms with E-state index in [1.807, 2.05) is 0 Å². The number of aryl methyl sites for hydroxylation is 1. The fourth-order valence-corrected chi connectivity index (χ4v) is 5.07. The van der Waals surface area contributed by atoms with E-state index in [9.17, 15) is 0 Å². The molecular formula is C38H74ClN. The van der Waals surface area contributed by atoms with E-state index in [1.54, 1.807) is 0 Å². The lowest BCUT2D eigenvalue weighted by Crippen LogP contribution is -3.00. The maximum Gasteiger partial charge on any atom is 0.0780 e. The lowest BCUT2D eigenvalue weighted by Gasteiger charge is -2.23. The minimum absolute atomic E-state index is 0. The van der Waals surface area contributed by atoms with Gasteiger partial charge in [0.1, 0.15) is 0 Å². The molecule has 238 valence electrons. The summed E-state index contributed by atoms with van der Waals surface area (Å²) < 4.78 is 1.12. The van der Waals surface area contributed by atoms with E-state index in [0.717, 1.165) is 4.48 Å². The molecule has 0 spiro atoms. The highest BCUT2D eigenvalue weighted by molar-refractivity contribution is 5.14. The van der Waals surface area contributed by atoms with Gasteiger partial charge in [0.2, 0.25) is 0 Å². The van der Waals surface area contributed by atoms with Crippen molar-refractivity contribution in [2.45, 2.75) is 168 Å². The molecule has 0 fully saturated rings. The standard InChI is InChI=1S/C21H46N.C15H24.C2H4.ClH/c1-5-6-7-8-9-10-11-12-13-14-15-16-17-18-19-20-21-22(2,3)4;1-2-3-4-5-6-7-9-12-15-13-10-8-11-14-15;1-2;/h5-21H2,1-4H3;8,10-11,13-14H,2-7,9,12H2,1H3;1-2H2;1H/q+1;;;/p-1. The van der Waals surface area contributed by atoms with Gasteiger partial charge < -0.3 is 16.9 Å². The van der Waals surface area contributed by atoms with Crippen molar-refractivity contribution in [3.63, 3.8) is 0 Å². The third-order valence-electron chi connectivity index (χ3n) is 7.59. The Labute approximate surface area is 261 Å². The second-order valence-corrected chi connectivity index (χ2v) is 12.7. The van der Waals surface area contributed by atoms with E-state index < -0.39 is 0 Å². The highest BCUT2D eigenvalue weighted by atomic mass is 35.5. The summed E-state index contributed by atoms with van der Waals surface area (Å²) in [7, 11) is 6.89. The number of hydrogen-bond acceptors (Lipinski definition) is 0. The molecular weight excluding hydrogens is 506 g/mol. The average molecular weight is 580 g/mol. The summed E-state index contributed by atoms with van der Waals surface area (Å²) in [5.41, 5.74) is 1.49. The van der Waals surface area contributed by atoms with Crippen molar-refractivity contribution in [1.29, 1.82) is 0 Å². The minimum Gasteiger partial charge on any atom is -1.00 e. The lowest BCUT2D eigenvalue weighted by molar-refractivity contribution is -0.870. The molecule has 0 aliphatic carbocycles. The number of rotatable bonds is 25. The molecule has 0 saturated heterocycles. The molecule has 1 aromatic rings. The SMILES string of the molecule is C=C.CCCCCCCCCCCCCCCCCC[N+](C)(C)C.CCCCCCCCCc1ccccc1.[Cl-]. The van der Waals surface area contributed by atoms with Crippen LogP contribution in [0, 0.1) is 0 Å². The molecule has 0 bridgehead atoms. The van der Waals surface area contributed by atoms with E-state index in [2.05, 4.69) is 78.5 Å². The molecule has 40 heavy (non-hydrogen) atoms. The highest BCUT2D eigenvalue weighted by Crippen LogP contribution is 2.14. The molecule has 0 radical (unpaired) electrons. The first-order chi connectivity index (χ1) is 19.0. The van der Waals surface area contributed by atoms with Crippen molar-refractivity contribution >= 4 is 0 Å². The molecule has 1 rings (SSSR count). The zero-order chi connectivity index (χ0) is 29.3. The van der Waals surface area contributed by atoms with Gasteiger partial charge in [-0.1, -0.05) is 173 Å². The van der Waals surface area contributed by atoms with Gasteiger partial charge in [-0.2, -0.15) is 0 Å². The fourth-order valence-electron chi connectivity index (χ4n) is 5.07. The number of quaternary nitrogens is 1. The molecule has 0 saturated carbocycles. The summed E-state index contributed by atoms with van der Waals surface area (Å²) in [6.07, 6.45) is 34.4. The summed E-state index contributed by atoms with van der Waals surface area (Å²) in [4.78, 5) is 0. The van der Waals surface area contributed by atoms with Crippen LogP contribution in [-0.2, 0) is 6.42 Å². The van der Waals surface area contributed by atoms with Crippen LogP contribution in [0.5, 0.6) is 0 Å². The van der Waals surface area contributed by atoms with Crippen molar-refractivity contribution in [2.24, 2.45) is 0 Å². The van der Waals surface area contributed by atoms with Gasteiger partial charge in [-0.15, -0.1) is 13.2 Å². The van der Waals surface area contributed by atoms with Gasteiger partial charge in [-0.25, -0.2) is 0 Å². The second kappa shape index (κ2) is 36.2. The van der Waals surface area contributed by atoms with E-state index in [-0.39, 0.29) is 12.4 Å². The molecule has 1 nitrogen and oxygen atoms in total. The predicted molar refractivity (Wildman–Crippen MR) is 182 cm³/mol. The molecule has 0 heterocycles. The van der Waals surface area contributed by atoms with Crippen molar-refractivity contribution in [1.82, 2.24) is 0 Å². The maximum absolute atomic E-state index is 3.00. The monoisotopic (exact) mass is 580 g/mol. The van der Waals surface area contributed by atoms with Crippen LogP contribution < -0.4 is 12.4 Å². The molecule has 0 aromatic heterocycles. The summed E-state index contributed by atoms with van der Waals surface area (Å²) in [5, 5.41) is 0. The average Bonchev–Trinajstić information content (AvgIpc) is 2.94. The third-order valence-corrected chi connectivity index (χ3v) is 7.59. The van der Waals surface area contributed by atoms with Gasteiger partial charge >= 0.3 is 0 Å². The topological polar surface area (TPSA) is 0 Å². The van der Waals surface area contributed by atoms with Crippen molar-refractivity contribution in [3.05, 3.63) is 49.1 Å². The summed E-state index contributed by atoms with van der Waals surface area (Å²) in [6.45, 7) is 11.9. The third kappa shape index (κ3) is 39.4. The Kier molecular flexibility index (Phi) is 39.6. The second-order valence-electron chi connectivity index (χ2n) is 12.7. The molecule has 0 atom stereocenters.